The molecule has 0 radical (unpaired) electrons. The van der Waals surface area contributed by atoms with Gasteiger partial charge in [0.2, 0.25) is 10.0 Å². The van der Waals surface area contributed by atoms with Crippen LogP contribution in [0.5, 0.6) is 0 Å². The summed E-state index contributed by atoms with van der Waals surface area (Å²) in [5.41, 5.74) is 1.47. The van der Waals surface area contributed by atoms with E-state index in [0.717, 1.165) is 5.56 Å². The third-order valence-electron chi connectivity index (χ3n) is 4.52. The highest BCUT2D eigenvalue weighted by atomic mass is 32.2. The Labute approximate surface area is 172 Å². The SMILES string of the molecule is CN(C)S(=O)(=O)c1cccc(Cc2nccc(Nc3n[nH]c4ccc(F)cc34)n2)c1. The second kappa shape index (κ2) is 7.81. The average Bonchev–Trinajstić information content (AvgIpc) is 3.10. The molecule has 0 spiro atoms. The molecule has 154 valence electrons. The minimum absolute atomic E-state index is 0.212. The summed E-state index contributed by atoms with van der Waals surface area (Å²) in [6, 6.07) is 12.7. The van der Waals surface area contributed by atoms with Crippen LogP contribution >= 0.6 is 0 Å². The molecule has 10 heteroatoms. The van der Waals surface area contributed by atoms with E-state index in [1.54, 1.807) is 36.5 Å². The van der Waals surface area contributed by atoms with Crippen LogP contribution in [-0.2, 0) is 16.4 Å². The Kier molecular flexibility index (Phi) is 5.18. The molecular formula is C20H19FN6O2S. The topological polar surface area (TPSA) is 104 Å². The van der Waals surface area contributed by atoms with Gasteiger partial charge >= 0.3 is 0 Å². The van der Waals surface area contributed by atoms with Gasteiger partial charge in [-0.05, 0) is 42.0 Å². The highest BCUT2D eigenvalue weighted by molar-refractivity contribution is 7.89. The number of benzene rings is 2. The lowest BCUT2D eigenvalue weighted by Gasteiger charge is -2.12. The fourth-order valence-corrected chi connectivity index (χ4v) is 3.94. The number of anilines is 2. The standard InChI is InChI=1S/C20H19FN6O2S/c1-27(2)30(28,29)15-5-3-4-13(10-15)11-19-22-9-8-18(23-19)24-20-16-12-14(21)6-7-17(16)25-26-20/h3-10,12H,11H2,1-2H3,(H2,22,23,24,25,26). The third-order valence-corrected chi connectivity index (χ3v) is 6.33. The van der Waals surface area contributed by atoms with Crippen LogP contribution < -0.4 is 5.32 Å². The zero-order valence-electron chi connectivity index (χ0n) is 16.3. The van der Waals surface area contributed by atoms with Gasteiger partial charge in [0.15, 0.2) is 5.82 Å². The molecule has 8 nitrogen and oxygen atoms in total. The van der Waals surface area contributed by atoms with Crippen molar-refractivity contribution in [1.82, 2.24) is 24.5 Å². The Morgan fingerprint density at radius 2 is 1.97 bits per heavy atom. The molecule has 0 bridgehead atoms. The summed E-state index contributed by atoms with van der Waals surface area (Å²) in [7, 11) is -0.539. The van der Waals surface area contributed by atoms with Gasteiger partial charge in [0, 0.05) is 32.1 Å². The smallest absolute Gasteiger partial charge is 0.242 e. The van der Waals surface area contributed by atoms with Crippen LogP contribution in [0.1, 0.15) is 11.4 Å². The van der Waals surface area contributed by atoms with Crippen LogP contribution in [0, 0.1) is 5.82 Å². The van der Waals surface area contributed by atoms with E-state index in [1.807, 2.05) is 6.07 Å². The Hall–Kier alpha value is -3.37. The number of halogens is 1. The summed E-state index contributed by atoms with van der Waals surface area (Å²) in [4.78, 5) is 8.95. The molecule has 0 fully saturated rings. The Bertz CT molecular complexity index is 1320. The van der Waals surface area contributed by atoms with Gasteiger partial charge in [-0.25, -0.2) is 27.1 Å². The van der Waals surface area contributed by atoms with Crippen LogP contribution in [0.4, 0.5) is 16.0 Å². The van der Waals surface area contributed by atoms with Crippen molar-refractivity contribution in [1.29, 1.82) is 0 Å². The van der Waals surface area contributed by atoms with E-state index in [-0.39, 0.29) is 10.7 Å². The molecule has 4 aromatic rings. The van der Waals surface area contributed by atoms with E-state index in [2.05, 4.69) is 25.5 Å². The van der Waals surface area contributed by atoms with Crippen LogP contribution in [-0.4, -0.2) is 47.0 Å². The molecule has 2 heterocycles. The van der Waals surface area contributed by atoms with E-state index in [4.69, 9.17) is 0 Å². The number of aromatic nitrogens is 4. The molecule has 2 aromatic heterocycles. The summed E-state index contributed by atoms with van der Waals surface area (Å²) < 4.78 is 39.4. The van der Waals surface area contributed by atoms with Crippen LogP contribution in [0.3, 0.4) is 0 Å². The summed E-state index contributed by atoms with van der Waals surface area (Å²) in [5.74, 6) is 1.09. The van der Waals surface area contributed by atoms with Gasteiger partial charge in [-0.2, -0.15) is 5.10 Å². The van der Waals surface area contributed by atoms with E-state index >= 15 is 0 Å². The number of sulfonamides is 1. The van der Waals surface area contributed by atoms with Crippen LogP contribution in [0.25, 0.3) is 10.9 Å². The molecule has 0 atom stereocenters. The lowest BCUT2D eigenvalue weighted by molar-refractivity contribution is 0.520. The van der Waals surface area contributed by atoms with E-state index in [0.29, 0.717) is 34.8 Å². The molecule has 0 unspecified atom stereocenters. The maximum Gasteiger partial charge on any atom is 0.242 e. The maximum atomic E-state index is 13.6. The molecule has 4 rings (SSSR count). The summed E-state index contributed by atoms with van der Waals surface area (Å²) in [6.45, 7) is 0. The number of hydrogen-bond acceptors (Lipinski definition) is 6. The number of rotatable bonds is 6. The minimum Gasteiger partial charge on any atom is -0.323 e. The van der Waals surface area contributed by atoms with Crippen molar-refractivity contribution < 1.29 is 12.8 Å². The van der Waals surface area contributed by atoms with Crippen LogP contribution in [0.2, 0.25) is 0 Å². The number of H-pyrrole nitrogens is 1. The van der Waals surface area contributed by atoms with Gasteiger partial charge in [0.1, 0.15) is 17.5 Å². The quantitative estimate of drug-likeness (QED) is 0.491. The highest BCUT2D eigenvalue weighted by Gasteiger charge is 2.17. The normalized spacial score (nSPS) is 11.9. The van der Waals surface area contributed by atoms with Gasteiger partial charge in [-0.3, -0.25) is 5.10 Å². The Balaban J connectivity index is 1.58. The molecule has 0 aliphatic heterocycles. The van der Waals surface area contributed by atoms with Crippen LogP contribution in [0.15, 0.2) is 59.6 Å². The lowest BCUT2D eigenvalue weighted by atomic mass is 10.1. The minimum atomic E-state index is -3.52. The van der Waals surface area contributed by atoms with Crippen molar-refractivity contribution in [2.45, 2.75) is 11.3 Å². The van der Waals surface area contributed by atoms with Crippen molar-refractivity contribution in [2.75, 3.05) is 19.4 Å². The Morgan fingerprint density at radius 3 is 2.77 bits per heavy atom. The molecule has 2 aromatic carbocycles. The van der Waals surface area contributed by atoms with Gasteiger partial charge in [-0.1, -0.05) is 12.1 Å². The first-order valence-electron chi connectivity index (χ1n) is 9.07. The lowest BCUT2D eigenvalue weighted by Crippen LogP contribution is -2.22. The predicted octanol–water partition coefficient (Wildman–Crippen LogP) is 3.08. The number of hydrogen-bond donors (Lipinski definition) is 2. The van der Waals surface area contributed by atoms with E-state index in [1.165, 1.54) is 30.5 Å². The summed E-state index contributed by atoms with van der Waals surface area (Å²) in [5, 5.41) is 10.7. The maximum absolute atomic E-state index is 13.6. The first-order chi connectivity index (χ1) is 14.3. The summed E-state index contributed by atoms with van der Waals surface area (Å²) in [6.07, 6.45) is 1.95. The number of aromatic amines is 1. The third kappa shape index (κ3) is 4.00. The molecule has 0 amide bonds. The average molecular weight is 426 g/mol. The summed E-state index contributed by atoms with van der Waals surface area (Å²) >= 11 is 0. The molecule has 0 aliphatic carbocycles. The molecule has 0 aliphatic rings. The van der Waals surface area contributed by atoms with Crippen molar-refractivity contribution in [3.05, 3.63) is 71.9 Å². The molecule has 0 saturated carbocycles. The number of nitrogens with one attached hydrogen (secondary N) is 2. The van der Waals surface area contributed by atoms with Crippen molar-refractivity contribution >= 4 is 32.6 Å². The fraction of sp³-hybridized carbons (Fsp3) is 0.150. The zero-order valence-corrected chi connectivity index (χ0v) is 17.1. The van der Waals surface area contributed by atoms with E-state index in [9.17, 15) is 12.8 Å². The molecule has 0 saturated heterocycles. The van der Waals surface area contributed by atoms with Crippen molar-refractivity contribution in [3.8, 4) is 0 Å². The predicted molar refractivity (Wildman–Crippen MR) is 111 cm³/mol. The van der Waals surface area contributed by atoms with Gasteiger partial charge in [-0.15, -0.1) is 0 Å². The van der Waals surface area contributed by atoms with Crippen molar-refractivity contribution in [3.63, 3.8) is 0 Å². The Morgan fingerprint density at radius 1 is 1.13 bits per heavy atom. The second-order valence-corrected chi connectivity index (χ2v) is 9.01. The first kappa shape index (κ1) is 19.9. The molecule has 30 heavy (non-hydrogen) atoms. The number of nitrogens with zero attached hydrogens (tertiary/aromatic N) is 4. The molecular weight excluding hydrogens is 407 g/mol. The second-order valence-electron chi connectivity index (χ2n) is 6.86. The van der Waals surface area contributed by atoms with E-state index < -0.39 is 10.0 Å². The number of fused-ring (bicyclic) bond motifs is 1. The monoisotopic (exact) mass is 426 g/mol. The first-order valence-corrected chi connectivity index (χ1v) is 10.5. The highest BCUT2D eigenvalue weighted by Crippen LogP contribution is 2.24. The van der Waals surface area contributed by atoms with Gasteiger partial charge in [0.05, 0.1) is 10.4 Å². The van der Waals surface area contributed by atoms with Gasteiger partial charge in [0.25, 0.3) is 0 Å². The zero-order chi connectivity index (χ0) is 21.3. The largest absolute Gasteiger partial charge is 0.323 e. The van der Waals surface area contributed by atoms with Gasteiger partial charge < -0.3 is 5.32 Å². The fourth-order valence-electron chi connectivity index (χ4n) is 2.97. The van der Waals surface area contributed by atoms with Crippen molar-refractivity contribution in [2.24, 2.45) is 0 Å². The molecule has 2 N–H and O–H groups in total.